The Kier molecular flexibility index (Phi) is 6.01. The van der Waals surface area contributed by atoms with Crippen LogP contribution in [-0.4, -0.2) is 54.1 Å². The molecule has 1 aromatic carbocycles. The smallest absolute Gasteiger partial charge is 0.410 e. The maximum absolute atomic E-state index is 14.9. The van der Waals surface area contributed by atoms with Gasteiger partial charge in [-0.1, -0.05) is 0 Å². The van der Waals surface area contributed by atoms with E-state index >= 15 is 0 Å². The van der Waals surface area contributed by atoms with Gasteiger partial charge >= 0.3 is 6.09 Å². The van der Waals surface area contributed by atoms with Gasteiger partial charge in [-0.05, 0) is 40.2 Å². The molecule has 0 saturated carbocycles. The fraction of sp³-hybridized carbons (Fsp3) is 0.571. The number of ether oxygens (including phenoxy) is 1. The van der Waals surface area contributed by atoms with Crippen molar-refractivity contribution in [1.82, 2.24) is 10.2 Å². The second kappa shape index (κ2) is 8.20. The first-order chi connectivity index (χ1) is 14.0. The highest BCUT2D eigenvalue weighted by molar-refractivity contribution is 6.01. The minimum absolute atomic E-state index is 0.0540. The first-order valence-electron chi connectivity index (χ1n) is 10.0. The minimum atomic E-state index is -0.894. The van der Waals surface area contributed by atoms with Crippen molar-refractivity contribution >= 4 is 23.6 Å². The van der Waals surface area contributed by atoms with Gasteiger partial charge in [0, 0.05) is 43.7 Å². The summed E-state index contributed by atoms with van der Waals surface area (Å²) >= 11 is 0. The van der Waals surface area contributed by atoms with Gasteiger partial charge in [0.05, 0.1) is 11.6 Å². The number of imide groups is 1. The monoisotopic (exact) mass is 423 g/mol. The minimum Gasteiger partial charge on any atom is -0.444 e. The number of hydrogen-bond donors (Lipinski definition) is 1. The van der Waals surface area contributed by atoms with E-state index < -0.39 is 41.1 Å². The van der Waals surface area contributed by atoms with Crippen molar-refractivity contribution in [2.45, 2.75) is 58.1 Å². The summed E-state index contributed by atoms with van der Waals surface area (Å²) in [5.41, 5.74) is -0.587. The van der Waals surface area contributed by atoms with Gasteiger partial charge < -0.3 is 14.5 Å². The van der Waals surface area contributed by atoms with E-state index in [2.05, 4.69) is 5.32 Å². The van der Waals surface area contributed by atoms with Crippen LogP contribution in [0, 0.1) is 11.6 Å². The molecule has 2 heterocycles. The summed E-state index contributed by atoms with van der Waals surface area (Å²) in [5, 5.41) is 2.16. The summed E-state index contributed by atoms with van der Waals surface area (Å²) in [7, 11) is 0. The molecule has 0 radical (unpaired) electrons. The van der Waals surface area contributed by atoms with Crippen LogP contribution in [0.25, 0.3) is 0 Å². The Morgan fingerprint density at radius 1 is 1.17 bits per heavy atom. The van der Waals surface area contributed by atoms with E-state index in [1.165, 1.54) is 0 Å². The number of amides is 3. The van der Waals surface area contributed by atoms with Gasteiger partial charge in [-0.3, -0.25) is 14.9 Å². The molecule has 1 unspecified atom stereocenters. The summed E-state index contributed by atoms with van der Waals surface area (Å²) in [6, 6.07) is 1.87. The molecule has 2 atom stereocenters. The van der Waals surface area contributed by atoms with Crippen molar-refractivity contribution in [2.24, 2.45) is 0 Å². The summed E-state index contributed by atoms with van der Waals surface area (Å²) in [6.07, 6.45) is -0.204. The number of halogens is 2. The zero-order valence-electron chi connectivity index (χ0n) is 17.6. The van der Waals surface area contributed by atoms with Crippen molar-refractivity contribution in [2.75, 3.05) is 24.5 Å². The summed E-state index contributed by atoms with van der Waals surface area (Å²) in [5.74, 6) is -3.26. The lowest BCUT2D eigenvalue weighted by Crippen LogP contribution is -2.55. The molecule has 2 saturated heterocycles. The second-order valence-electron chi connectivity index (χ2n) is 8.80. The van der Waals surface area contributed by atoms with E-state index in [-0.39, 0.29) is 30.1 Å². The number of hydrogen-bond acceptors (Lipinski definition) is 5. The Bertz CT molecular complexity index is 869. The molecule has 0 aromatic heterocycles. The van der Waals surface area contributed by atoms with Gasteiger partial charge in [-0.15, -0.1) is 0 Å². The molecular weight excluding hydrogens is 396 g/mol. The van der Waals surface area contributed by atoms with Gasteiger partial charge in [-0.2, -0.15) is 0 Å². The van der Waals surface area contributed by atoms with Crippen LogP contribution in [0.1, 0.15) is 52.0 Å². The molecule has 1 N–H and O–H groups in total. The highest BCUT2D eigenvalue weighted by atomic mass is 19.1. The third-order valence-electron chi connectivity index (χ3n) is 5.28. The SMILES string of the molecule is C[C@@H]1CN(c2cc(F)c(C3CCC(=O)NC3=O)cc2F)CCN1C(=O)OC(C)(C)C. The van der Waals surface area contributed by atoms with Gasteiger partial charge in [0.1, 0.15) is 17.2 Å². The first-order valence-corrected chi connectivity index (χ1v) is 10.0. The van der Waals surface area contributed by atoms with Crippen LogP contribution in [0.4, 0.5) is 19.3 Å². The Morgan fingerprint density at radius 3 is 2.47 bits per heavy atom. The van der Waals surface area contributed by atoms with Crippen LogP contribution >= 0.6 is 0 Å². The third-order valence-corrected chi connectivity index (χ3v) is 5.28. The van der Waals surface area contributed by atoms with Crippen molar-refractivity contribution in [3.05, 3.63) is 29.3 Å². The Hall–Kier alpha value is -2.71. The molecule has 164 valence electrons. The van der Waals surface area contributed by atoms with E-state index in [0.717, 1.165) is 12.1 Å². The maximum atomic E-state index is 14.9. The van der Waals surface area contributed by atoms with Crippen LogP contribution < -0.4 is 10.2 Å². The Balaban J connectivity index is 1.75. The van der Waals surface area contributed by atoms with Crippen LogP contribution in [0.5, 0.6) is 0 Å². The Labute approximate surface area is 174 Å². The van der Waals surface area contributed by atoms with Crippen molar-refractivity contribution in [3.8, 4) is 0 Å². The van der Waals surface area contributed by atoms with Gasteiger partial charge in [-0.25, -0.2) is 13.6 Å². The van der Waals surface area contributed by atoms with Crippen LogP contribution in [0.3, 0.4) is 0 Å². The standard InChI is InChI=1S/C21H27F2N3O4/c1-12-11-25(7-8-26(12)20(29)30-21(2,3)4)17-10-15(22)14(9-16(17)23)13-5-6-18(27)24-19(13)28/h9-10,12-13H,5-8,11H2,1-4H3,(H,24,27,28)/t12-,13?/m1/s1. The normalized spacial score (nSPS) is 22.7. The number of anilines is 1. The van der Waals surface area contributed by atoms with E-state index in [4.69, 9.17) is 4.74 Å². The first kappa shape index (κ1) is 22.0. The molecule has 3 amide bonds. The highest BCUT2D eigenvalue weighted by Gasteiger charge is 2.34. The lowest BCUT2D eigenvalue weighted by Gasteiger charge is -2.41. The maximum Gasteiger partial charge on any atom is 0.410 e. The second-order valence-corrected chi connectivity index (χ2v) is 8.80. The van der Waals surface area contributed by atoms with Gasteiger partial charge in [0.25, 0.3) is 0 Å². The predicted molar refractivity (Wildman–Crippen MR) is 106 cm³/mol. The van der Waals surface area contributed by atoms with Crippen LogP contribution in [-0.2, 0) is 14.3 Å². The fourth-order valence-electron chi connectivity index (χ4n) is 3.82. The molecule has 2 fully saturated rings. The van der Waals surface area contributed by atoms with Gasteiger partial charge in [0.15, 0.2) is 0 Å². The number of piperidine rings is 1. The van der Waals surface area contributed by atoms with E-state index in [9.17, 15) is 23.2 Å². The molecule has 0 bridgehead atoms. The van der Waals surface area contributed by atoms with Crippen LogP contribution in [0.2, 0.25) is 0 Å². The van der Waals surface area contributed by atoms with E-state index in [1.807, 2.05) is 6.92 Å². The molecule has 2 aliphatic heterocycles. The number of carbonyl (C=O) groups excluding carboxylic acids is 3. The van der Waals surface area contributed by atoms with Crippen LogP contribution in [0.15, 0.2) is 12.1 Å². The largest absolute Gasteiger partial charge is 0.444 e. The molecule has 9 heteroatoms. The third kappa shape index (κ3) is 4.71. The number of nitrogens with zero attached hydrogens (tertiary/aromatic N) is 2. The molecule has 2 aliphatic rings. The molecule has 30 heavy (non-hydrogen) atoms. The highest BCUT2D eigenvalue weighted by Crippen LogP contribution is 2.32. The van der Waals surface area contributed by atoms with E-state index in [1.54, 1.807) is 30.6 Å². The van der Waals surface area contributed by atoms with Crippen molar-refractivity contribution in [3.63, 3.8) is 0 Å². The van der Waals surface area contributed by atoms with Gasteiger partial charge in [0.2, 0.25) is 11.8 Å². The topological polar surface area (TPSA) is 79.0 Å². The molecular formula is C21H27F2N3O4. The quantitative estimate of drug-likeness (QED) is 0.740. The van der Waals surface area contributed by atoms with E-state index in [0.29, 0.717) is 19.6 Å². The number of nitrogens with one attached hydrogen (secondary N) is 1. The average molecular weight is 423 g/mol. The molecule has 1 aromatic rings. The lowest BCUT2D eigenvalue weighted by molar-refractivity contribution is -0.134. The summed E-state index contributed by atoms with van der Waals surface area (Å²) < 4.78 is 35.1. The fourth-order valence-corrected chi connectivity index (χ4v) is 3.82. The number of piperazine rings is 1. The molecule has 7 nitrogen and oxygen atoms in total. The lowest BCUT2D eigenvalue weighted by atomic mass is 9.89. The molecule has 3 rings (SSSR count). The predicted octanol–water partition coefficient (Wildman–Crippen LogP) is 2.93. The summed E-state index contributed by atoms with van der Waals surface area (Å²) in [6.45, 7) is 8.12. The van der Waals surface area contributed by atoms with Crippen molar-refractivity contribution in [1.29, 1.82) is 0 Å². The molecule has 0 aliphatic carbocycles. The van der Waals surface area contributed by atoms with Crippen molar-refractivity contribution < 1.29 is 27.9 Å². The average Bonchev–Trinajstić information content (AvgIpc) is 2.62. The Morgan fingerprint density at radius 2 is 1.87 bits per heavy atom. The number of benzene rings is 1. The number of carbonyl (C=O) groups is 3. The summed E-state index contributed by atoms with van der Waals surface area (Å²) in [4.78, 5) is 38.9. The number of rotatable bonds is 2. The zero-order chi connectivity index (χ0) is 22.2. The zero-order valence-corrected chi connectivity index (χ0v) is 17.6. The molecule has 0 spiro atoms.